The van der Waals surface area contributed by atoms with Gasteiger partial charge in [-0.1, -0.05) is 26.3 Å². The molecule has 0 aliphatic rings. The van der Waals surface area contributed by atoms with E-state index < -0.39 is 0 Å². The number of Topliss-reactive ketones (excluding diaryl/α,β-unsaturated/α-hetero) is 1. The van der Waals surface area contributed by atoms with Gasteiger partial charge in [0, 0.05) is 29.0 Å². The molecule has 0 fully saturated rings. The lowest BCUT2D eigenvalue weighted by Crippen LogP contribution is -2.18. The molecule has 3 aromatic rings. The third-order valence-corrected chi connectivity index (χ3v) is 4.85. The smallest absolute Gasteiger partial charge is 0.162 e. The van der Waals surface area contributed by atoms with Crippen molar-refractivity contribution in [3.8, 4) is 11.5 Å². The number of fused-ring (bicyclic) bond motifs is 1. The number of pyridine rings is 1. The molecule has 0 atom stereocenters. The number of rotatable bonds is 9. The number of nitrogens with zero attached hydrogens (tertiary/aromatic N) is 2. The molecule has 0 saturated heterocycles. The van der Waals surface area contributed by atoms with Crippen molar-refractivity contribution in [1.29, 1.82) is 0 Å². The number of ketones is 1. The third-order valence-electron chi connectivity index (χ3n) is 4.85. The molecular weight excluding hydrogens is 416 g/mol. The molecule has 2 aromatic heterocycles. The molecule has 0 amide bonds. The fourth-order valence-corrected chi connectivity index (χ4v) is 3.53. The van der Waals surface area contributed by atoms with Crippen LogP contribution in [0.2, 0.25) is 0 Å². The lowest BCUT2D eigenvalue weighted by Gasteiger charge is -2.10. The molecule has 0 aliphatic heterocycles. The average Bonchev–Trinajstić information content (AvgIpc) is 3.20. The van der Waals surface area contributed by atoms with E-state index in [-0.39, 0.29) is 11.5 Å². The van der Waals surface area contributed by atoms with Crippen molar-refractivity contribution in [2.75, 3.05) is 33.1 Å². The predicted molar refractivity (Wildman–Crippen MR) is 136 cm³/mol. The summed E-state index contributed by atoms with van der Waals surface area (Å²) in [6.45, 7) is 6.48. The zero-order valence-electron chi connectivity index (χ0n) is 20.5. The number of aromatic amines is 1. The topological polar surface area (TPSA) is 90.5 Å². The van der Waals surface area contributed by atoms with E-state index in [1.807, 2.05) is 31.1 Å². The first-order valence-corrected chi connectivity index (χ1v) is 11.2. The van der Waals surface area contributed by atoms with Gasteiger partial charge in [-0.3, -0.25) is 4.79 Å². The number of benzene rings is 1. The lowest BCUT2D eigenvalue weighted by atomic mass is 10.1. The van der Waals surface area contributed by atoms with Crippen LogP contribution in [0.25, 0.3) is 16.6 Å². The summed E-state index contributed by atoms with van der Waals surface area (Å²) in [7, 11) is 5.29. The Morgan fingerprint density at radius 2 is 2.00 bits per heavy atom. The first kappa shape index (κ1) is 25.9. The van der Waals surface area contributed by atoms with E-state index in [1.54, 1.807) is 25.3 Å². The maximum Gasteiger partial charge on any atom is 0.162 e. The zero-order chi connectivity index (χ0) is 24.4. The van der Waals surface area contributed by atoms with Crippen molar-refractivity contribution in [3.63, 3.8) is 0 Å². The largest absolute Gasteiger partial charge is 0.504 e. The van der Waals surface area contributed by atoms with Crippen molar-refractivity contribution in [2.24, 2.45) is 0 Å². The summed E-state index contributed by atoms with van der Waals surface area (Å²) in [4.78, 5) is 20.0. The first-order chi connectivity index (χ1) is 15.8. The number of aromatic nitrogens is 2. The molecule has 0 radical (unpaired) electrons. The number of nitrogens with one attached hydrogen (secondary N) is 2. The monoisotopic (exact) mass is 452 g/mol. The minimum Gasteiger partial charge on any atom is -0.504 e. The van der Waals surface area contributed by atoms with Gasteiger partial charge in [0.15, 0.2) is 11.5 Å². The highest BCUT2D eigenvalue weighted by molar-refractivity contribution is 5.94. The molecular formula is C26H36N4O3. The van der Waals surface area contributed by atoms with Crippen LogP contribution in [0.4, 0.5) is 11.4 Å². The number of phenolic OH excluding ortho intramolecular Hbond substituents is 1. The van der Waals surface area contributed by atoms with Crippen LogP contribution in [-0.2, 0) is 4.79 Å². The fourth-order valence-electron chi connectivity index (χ4n) is 3.53. The maximum atomic E-state index is 10.2. The second kappa shape index (κ2) is 12.6. The number of hydrogen-bond acceptors (Lipinski definition) is 6. The number of H-pyrrole nitrogens is 1. The molecule has 0 spiro atoms. The van der Waals surface area contributed by atoms with Gasteiger partial charge < -0.3 is 25.0 Å². The summed E-state index contributed by atoms with van der Waals surface area (Å²) in [5.74, 6) is 0.770. The Morgan fingerprint density at radius 3 is 2.58 bits per heavy atom. The van der Waals surface area contributed by atoms with Gasteiger partial charge in [0.25, 0.3) is 0 Å². The van der Waals surface area contributed by atoms with Crippen molar-refractivity contribution in [2.45, 2.75) is 40.0 Å². The Morgan fingerprint density at radius 1 is 1.24 bits per heavy atom. The van der Waals surface area contributed by atoms with E-state index >= 15 is 0 Å². The number of carbonyl (C=O) groups is 1. The molecule has 0 saturated carbocycles. The molecule has 3 N–H and O–H groups in total. The summed E-state index contributed by atoms with van der Waals surface area (Å²) in [5.41, 5.74) is 5.10. The normalized spacial score (nSPS) is 11.3. The van der Waals surface area contributed by atoms with Gasteiger partial charge in [0.1, 0.15) is 11.4 Å². The summed E-state index contributed by atoms with van der Waals surface area (Å²) >= 11 is 0. The van der Waals surface area contributed by atoms with Crippen LogP contribution in [0.3, 0.4) is 0 Å². The second-order valence-corrected chi connectivity index (χ2v) is 8.14. The fraction of sp³-hybridized carbons (Fsp3) is 0.385. The third kappa shape index (κ3) is 7.64. The van der Waals surface area contributed by atoms with Gasteiger partial charge in [0.2, 0.25) is 0 Å². The van der Waals surface area contributed by atoms with Crippen LogP contribution < -0.4 is 10.1 Å². The second-order valence-electron chi connectivity index (χ2n) is 8.14. The zero-order valence-corrected chi connectivity index (χ0v) is 20.5. The highest BCUT2D eigenvalue weighted by atomic mass is 16.5. The van der Waals surface area contributed by atoms with Crippen LogP contribution in [0, 0.1) is 0 Å². The number of allylic oxidation sites excluding steroid dienone is 2. The molecule has 178 valence electrons. The Labute approximate surface area is 196 Å². The SMILES string of the molecule is CC(=O)CN(C)C.CC/C=C(\CCC)c1cc2c(Nc3ccc(O)c(OC)c3)ccnc2[nH]1. The van der Waals surface area contributed by atoms with Crippen LogP contribution in [0.15, 0.2) is 42.6 Å². The van der Waals surface area contributed by atoms with Crippen LogP contribution in [-0.4, -0.2) is 53.5 Å². The van der Waals surface area contributed by atoms with E-state index in [2.05, 4.69) is 41.3 Å². The van der Waals surface area contributed by atoms with Gasteiger partial charge in [0.05, 0.1) is 19.3 Å². The first-order valence-electron chi connectivity index (χ1n) is 11.2. The summed E-state index contributed by atoms with van der Waals surface area (Å²) in [6, 6.07) is 9.30. The standard InChI is InChI=1S/C21H25N3O2.C5H11NO/c1-4-6-14(7-5-2)18-13-16-17(10-11-22-21(16)24-18)23-15-8-9-19(25)20(12-15)26-3;1-5(7)4-6(2)3/h6,8-13,25H,4-5,7H2,1-3H3,(H2,22,23,24);4H2,1-3H3/b14-6+;. The molecule has 33 heavy (non-hydrogen) atoms. The molecule has 0 bridgehead atoms. The molecule has 3 rings (SSSR count). The van der Waals surface area contributed by atoms with E-state index in [4.69, 9.17) is 4.74 Å². The summed E-state index contributed by atoms with van der Waals surface area (Å²) in [6.07, 6.45) is 7.21. The average molecular weight is 453 g/mol. The Kier molecular flexibility index (Phi) is 9.94. The van der Waals surface area contributed by atoms with E-state index in [0.717, 1.165) is 47.4 Å². The van der Waals surface area contributed by atoms with Crippen molar-refractivity contribution in [1.82, 2.24) is 14.9 Å². The maximum absolute atomic E-state index is 10.2. The van der Waals surface area contributed by atoms with E-state index in [1.165, 1.54) is 12.7 Å². The number of aromatic hydroxyl groups is 1. The molecule has 0 unspecified atom stereocenters. The van der Waals surface area contributed by atoms with Crippen molar-refractivity contribution in [3.05, 3.63) is 48.3 Å². The highest BCUT2D eigenvalue weighted by Crippen LogP contribution is 2.33. The molecule has 7 nitrogen and oxygen atoms in total. The van der Waals surface area contributed by atoms with Crippen LogP contribution in [0.1, 0.15) is 45.7 Å². The van der Waals surface area contributed by atoms with E-state index in [9.17, 15) is 9.90 Å². The van der Waals surface area contributed by atoms with Gasteiger partial charge in [-0.2, -0.15) is 0 Å². The van der Waals surface area contributed by atoms with E-state index in [0.29, 0.717) is 12.3 Å². The van der Waals surface area contributed by atoms with Crippen LogP contribution in [0.5, 0.6) is 11.5 Å². The molecule has 0 aliphatic carbocycles. The number of anilines is 2. The Balaban J connectivity index is 0.000000479. The number of methoxy groups -OCH3 is 1. The van der Waals surface area contributed by atoms with Gasteiger partial charge >= 0.3 is 0 Å². The number of carbonyl (C=O) groups excluding carboxylic acids is 1. The number of ether oxygens (including phenoxy) is 1. The quantitative estimate of drug-likeness (QED) is 0.358. The lowest BCUT2D eigenvalue weighted by molar-refractivity contribution is -0.117. The molecule has 1 aromatic carbocycles. The molecule has 7 heteroatoms. The van der Waals surface area contributed by atoms with Crippen LogP contribution >= 0.6 is 0 Å². The van der Waals surface area contributed by atoms with Gasteiger partial charge in [-0.05, 0) is 63.7 Å². The van der Waals surface area contributed by atoms with Crippen molar-refractivity contribution < 1.29 is 14.6 Å². The number of likely N-dealkylation sites (N-methyl/N-ethyl adjacent to an activating group) is 1. The number of hydrogen-bond donors (Lipinski definition) is 3. The molecule has 2 heterocycles. The minimum absolute atomic E-state index is 0.121. The summed E-state index contributed by atoms with van der Waals surface area (Å²) in [5, 5.41) is 14.2. The van der Waals surface area contributed by atoms with Gasteiger partial charge in [-0.15, -0.1) is 0 Å². The number of phenols is 1. The Hall–Kier alpha value is -3.32. The minimum atomic E-state index is 0.121. The van der Waals surface area contributed by atoms with Gasteiger partial charge in [-0.25, -0.2) is 4.98 Å². The predicted octanol–water partition coefficient (Wildman–Crippen LogP) is 5.75. The highest BCUT2D eigenvalue weighted by Gasteiger charge is 2.11. The summed E-state index contributed by atoms with van der Waals surface area (Å²) < 4.78 is 5.18. The van der Waals surface area contributed by atoms with Crippen molar-refractivity contribution >= 4 is 33.8 Å². The Bertz CT molecular complexity index is 1090.